The number of carbonyl (C=O) groups is 3. The number of aryl methyl sites for hydroxylation is 1. The zero-order chi connectivity index (χ0) is 47.6. The summed E-state index contributed by atoms with van der Waals surface area (Å²) in [6.45, 7) is 4.02. The molecular weight excluding hydrogens is 827 g/mol. The Hall–Kier alpha value is -2.64. The van der Waals surface area contributed by atoms with Crippen LogP contribution in [0.3, 0.4) is 0 Å². The van der Waals surface area contributed by atoms with Crippen molar-refractivity contribution in [2.45, 2.75) is 290 Å². The number of rotatable bonds is 51. The quantitative estimate of drug-likeness (QED) is 0.0365. The van der Waals surface area contributed by atoms with Crippen molar-refractivity contribution in [1.82, 2.24) is 0 Å². The maximum atomic E-state index is 12.8. The molecule has 0 heterocycles. The van der Waals surface area contributed by atoms with Gasteiger partial charge in [-0.05, 0) is 49.8 Å². The molecule has 1 aromatic carbocycles. The highest BCUT2D eigenvalue weighted by Gasteiger charge is 2.19. The molecule has 0 aliphatic rings. The molecule has 0 saturated carbocycles. The molecule has 0 N–H and O–H groups in total. The van der Waals surface area contributed by atoms with E-state index in [1.54, 1.807) is 0 Å². The van der Waals surface area contributed by atoms with Crippen LogP contribution in [0.5, 0.6) is 5.75 Å². The van der Waals surface area contributed by atoms with Crippen LogP contribution in [0.25, 0.3) is 0 Å². The Bertz CT molecular complexity index is 1210. The summed E-state index contributed by atoms with van der Waals surface area (Å²) in [6, 6.07) is 8.03. The Morgan fingerprint density at radius 1 is 0.409 bits per heavy atom. The highest BCUT2D eigenvalue weighted by Crippen LogP contribution is 2.18. The second-order valence-corrected chi connectivity index (χ2v) is 19.4. The Balaban J connectivity index is 2.22. The van der Waals surface area contributed by atoms with Crippen molar-refractivity contribution in [2.24, 2.45) is 0 Å². The van der Waals surface area contributed by atoms with E-state index >= 15 is 0 Å². The monoisotopic (exact) mass is 930 g/mol. The fourth-order valence-corrected chi connectivity index (χ4v) is 8.73. The largest absolute Gasteiger partial charge is 0.491 e. The molecule has 8 heteroatoms. The van der Waals surface area contributed by atoms with Gasteiger partial charge in [-0.2, -0.15) is 0 Å². The molecule has 384 valence electrons. The fourth-order valence-electron chi connectivity index (χ4n) is 8.73. The van der Waals surface area contributed by atoms with Gasteiger partial charge in [-0.3, -0.25) is 14.4 Å². The minimum Gasteiger partial charge on any atom is -0.491 e. The zero-order valence-corrected chi connectivity index (χ0v) is 43.1. The molecule has 0 aliphatic heterocycles. The molecule has 0 aromatic heterocycles. The molecule has 0 radical (unpaired) electrons. The van der Waals surface area contributed by atoms with Crippen molar-refractivity contribution in [2.75, 3.05) is 26.5 Å². The van der Waals surface area contributed by atoms with Crippen LogP contribution in [0.1, 0.15) is 283 Å². The molecule has 0 bridgehead atoms. The van der Waals surface area contributed by atoms with E-state index in [0.29, 0.717) is 19.3 Å². The van der Waals surface area contributed by atoms with Gasteiger partial charge >= 0.3 is 17.9 Å². The van der Waals surface area contributed by atoms with Crippen LogP contribution in [-0.2, 0) is 35.0 Å². The molecule has 66 heavy (non-hydrogen) atoms. The van der Waals surface area contributed by atoms with Crippen molar-refractivity contribution >= 4 is 17.9 Å². The van der Waals surface area contributed by atoms with Crippen molar-refractivity contribution in [1.29, 1.82) is 0 Å². The first-order valence-corrected chi connectivity index (χ1v) is 28.3. The van der Waals surface area contributed by atoms with Crippen LogP contribution in [0, 0.1) is 0 Å². The van der Waals surface area contributed by atoms with Crippen LogP contribution in [0.2, 0.25) is 0 Å². The molecule has 0 fully saturated rings. The molecule has 1 rings (SSSR count). The summed E-state index contributed by atoms with van der Waals surface area (Å²) in [6.07, 6.45) is 47.9. The molecular formula is C58H103FO7. The predicted molar refractivity (Wildman–Crippen MR) is 274 cm³/mol. The molecule has 0 aliphatic carbocycles. The van der Waals surface area contributed by atoms with Gasteiger partial charge in [0.25, 0.3) is 0 Å². The van der Waals surface area contributed by atoms with Gasteiger partial charge in [0, 0.05) is 19.3 Å². The number of ether oxygens (including phenoxy) is 4. The maximum Gasteiger partial charge on any atom is 0.306 e. The van der Waals surface area contributed by atoms with Gasteiger partial charge in [-0.15, -0.1) is 0 Å². The first kappa shape index (κ1) is 61.4. The first-order chi connectivity index (χ1) is 32.5. The van der Waals surface area contributed by atoms with E-state index in [1.807, 2.05) is 12.1 Å². The number of hydrogen-bond acceptors (Lipinski definition) is 7. The van der Waals surface area contributed by atoms with E-state index in [4.69, 9.17) is 18.9 Å². The summed E-state index contributed by atoms with van der Waals surface area (Å²) in [5.41, 5.74) is 1.31. The topological polar surface area (TPSA) is 88.1 Å². The SMILES string of the molecule is CCCCCCCCCCCCCCCC(=O)OCC(COC(=O)CCCCCCCCCCCCCCc1ccc(OCC[18F])cc1)OC(=O)CCCCCCCCCCCCCCC. The van der Waals surface area contributed by atoms with Crippen LogP contribution < -0.4 is 4.74 Å². The summed E-state index contributed by atoms with van der Waals surface area (Å²) in [5, 5.41) is 0. The highest BCUT2D eigenvalue weighted by molar-refractivity contribution is 5.71. The smallest absolute Gasteiger partial charge is 0.306 e. The van der Waals surface area contributed by atoms with E-state index in [1.165, 1.54) is 192 Å². The maximum absolute atomic E-state index is 12.8. The number of alkyl halides is 1. The molecule has 1 aromatic rings. The standard InChI is InChI=1S/C58H103FO7/c1-3-5-7-9-11-13-15-17-22-26-30-34-38-42-56(60)64-51-55(66-58(62)44-40-36-32-28-24-18-16-14-12-10-8-6-4-2)52-65-57(61)43-39-35-31-27-23-20-19-21-25-29-33-37-41-53-45-47-54(48-46-53)63-50-49-59/h45-48,55H,3-44,49-52H2,1-2H3/i59-1. The average Bonchev–Trinajstić information content (AvgIpc) is 3.32. The van der Waals surface area contributed by atoms with Crippen molar-refractivity contribution in [3.63, 3.8) is 0 Å². The van der Waals surface area contributed by atoms with E-state index in [9.17, 15) is 18.8 Å². The number of carbonyl (C=O) groups excluding carboxylic acids is 3. The van der Waals surface area contributed by atoms with Gasteiger partial charge in [0.15, 0.2) is 6.10 Å². The van der Waals surface area contributed by atoms with Gasteiger partial charge in [0.1, 0.15) is 32.2 Å². The number of unbranched alkanes of at least 4 members (excludes halogenated alkanes) is 35. The molecule has 1 atom stereocenters. The lowest BCUT2D eigenvalue weighted by Gasteiger charge is -2.18. The third-order valence-electron chi connectivity index (χ3n) is 13.0. The van der Waals surface area contributed by atoms with E-state index in [0.717, 1.165) is 70.0 Å². The first-order valence-electron chi connectivity index (χ1n) is 28.3. The lowest BCUT2D eigenvalue weighted by Crippen LogP contribution is -2.30. The fraction of sp³-hybridized carbons (Fsp3) is 0.845. The van der Waals surface area contributed by atoms with Crippen LogP contribution in [0.15, 0.2) is 24.3 Å². The van der Waals surface area contributed by atoms with Crippen LogP contribution in [-0.4, -0.2) is 50.5 Å². The second kappa shape index (κ2) is 48.8. The van der Waals surface area contributed by atoms with Crippen LogP contribution in [0.4, 0.5) is 4.39 Å². The van der Waals surface area contributed by atoms with E-state index < -0.39 is 12.8 Å². The zero-order valence-electron chi connectivity index (χ0n) is 43.1. The summed E-state index contributed by atoms with van der Waals surface area (Å²) < 4.78 is 34.4. The lowest BCUT2D eigenvalue weighted by molar-refractivity contribution is -0.167. The number of halogens is 1. The Kier molecular flexibility index (Phi) is 45.4. The average molecular weight is 930 g/mol. The van der Waals surface area contributed by atoms with Gasteiger partial charge in [0.05, 0.1) is 0 Å². The second-order valence-electron chi connectivity index (χ2n) is 19.4. The summed E-state index contributed by atoms with van der Waals surface area (Å²) in [5.74, 6) is -0.149. The third kappa shape index (κ3) is 42.7. The minimum atomic E-state index is -0.779. The Morgan fingerprint density at radius 2 is 0.712 bits per heavy atom. The molecule has 0 spiro atoms. The normalized spacial score (nSPS) is 11.7. The van der Waals surface area contributed by atoms with Crippen molar-refractivity contribution < 1.29 is 37.7 Å². The van der Waals surface area contributed by atoms with Gasteiger partial charge in [0.2, 0.25) is 0 Å². The molecule has 0 amide bonds. The van der Waals surface area contributed by atoms with Gasteiger partial charge in [-0.25, -0.2) is 4.39 Å². The summed E-state index contributed by atoms with van der Waals surface area (Å²) in [7, 11) is 0. The summed E-state index contributed by atoms with van der Waals surface area (Å²) >= 11 is 0. The molecule has 7 nitrogen and oxygen atoms in total. The van der Waals surface area contributed by atoms with E-state index in [-0.39, 0.29) is 37.7 Å². The van der Waals surface area contributed by atoms with Gasteiger partial charge in [-0.1, -0.05) is 244 Å². The van der Waals surface area contributed by atoms with Gasteiger partial charge < -0.3 is 18.9 Å². The number of esters is 3. The third-order valence-corrected chi connectivity index (χ3v) is 13.0. The highest BCUT2D eigenvalue weighted by atomic mass is 18.2. The lowest BCUT2D eigenvalue weighted by atomic mass is 10.0. The van der Waals surface area contributed by atoms with Crippen molar-refractivity contribution in [3.05, 3.63) is 29.8 Å². The molecule has 1 unspecified atom stereocenters. The van der Waals surface area contributed by atoms with E-state index in [2.05, 4.69) is 26.0 Å². The number of hydrogen-bond donors (Lipinski definition) is 0. The van der Waals surface area contributed by atoms with Crippen molar-refractivity contribution in [3.8, 4) is 5.75 Å². The van der Waals surface area contributed by atoms with Crippen LogP contribution >= 0.6 is 0 Å². The number of benzene rings is 1. The Morgan fingerprint density at radius 3 is 1.05 bits per heavy atom. The Labute approximate surface area is 406 Å². The molecule has 0 saturated heterocycles. The predicted octanol–water partition coefficient (Wildman–Crippen LogP) is 17.6. The summed E-state index contributed by atoms with van der Waals surface area (Å²) in [4.78, 5) is 38.1. The minimum absolute atomic E-state index is 0.0781.